The monoisotopic (exact) mass is 378 g/mol. The predicted octanol–water partition coefficient (Wildman–Crippen LogP) is 2.12. The maximum absolute atomic E-state index is 12.2. The van der Waals surface area contributed by atoms with E-state index < -0.39 is 20.9 Å². The highest BCUT2D eigenvalue weighted by Crippen LogP contribution is 2.23. The molecule has 2 aromatic carbocycles. The van der Waals surface area contributed by atoms with E-state index >= 15 is 0 Å². The molecule has 0 atom stereocenters. The van der Waals surface area contributed by atoms with Crippen LogP contribution >= 0.6 is 0 Å². The molecule has 0 bridgehead atoms. The topological polar surface area (TPSA) is 144 Å². The van der Waals surface area contributed by atoms with Crippen LogP contribution in [-0.4, -0.2) is 25.8 Å². The van der Waals surface area contributed by atoms with Crippen LogP contribution in [0.5, 0.6) is 0 Å². The molecule has 0 heterocycles. The highest BCUT2D eigenvalue weighted by Gasteiger charge is 2.16. The van der Waals surface area contributed by atoms with Crippen LogP contribution in [0.25, 0.3) is 0 Å². The molecule has 138 valence electrons. The number of carbonyl (C=O) groups is 1. The number of amides is 1. The van der Waals surface area contributed by atoms with Crippen molar-refractivity contribution in [2.45, 2.75) is 18.2 Å². The summed E-state index contributed by atoms with van der Waals surface area (Å²) in [4.78, 5) is 22.5. The Morgan fingerprint density at radius 1 is 1.19 bits per heavy atom. The summed E-state index contributed by atoms with van der Waals surface area (Å²) in [5.74, 6) is -0.576. The number of nitrogens with one attached hydrogen (secondary N) is 2. The Hall–Kier alpha value is -2.98. The lowest BCUT2D eigenvalue weighted by Gasteiger charge is -2.08. The van der Waals surface area contributed by atoms with E-state index in [0.29, 0.717) is 18.7 Å². The first-order chi connectivity index (χ1) is 12.2. The van der Waals surface area contributed by atoms with Crippen LogP contribution in [0.15, 0.2) is 47.4 Å². The molecule has 0 aliphatic heterocycles. The molecular weight excluding hydrogens is 360 g/mol. The summed E-state index contributed by atoms with van der Waals surface area (Å²) in [5.41, 5.74) is 5.51. The number of benzene rings is 2. The quantitative estimate of drug-likeness (QED) is 0.382. The Bertz CT molecular complexity index is 926. The number of hydrogen-bond acceptors (Lipinski definition) is 6. The van der Waals surface area contributed by atoms with Gasteiger partial charge in [0.1, 0.15) is 5.69 Å². The van der Waals surface area contributed by atoms with Gasteiger partial charge in [-0.2, -0.15) is 0 Å². The van der Waals surface area contributed by atoms with E-state index in [4.69, 9.17) is 5.73 Å². The standard InChI is InChI=1S/C16H18N4O5S/c1-2-9-18-26(24,25)13-6-4-12(5-7-13)19-16(21)11-3-8-14(17)15(10-11)20(22)23/h3-8,10,18H,2,9,17H2,1H3,(H,19,21). The van der Waals surface area contributed by atoms with Crippen LogP contribution in [0.2, 0.25) is 0 Å². The molecule has 0 radical (unpaired) electrons. The van der Waals surface area contributed by atoms with Crippen molar-refractivity contribution < 1.29 is 18.1 Å². The first-order valence-corrected chi connectivity index (χ1v) is 9.18. The van der Waals surface area contributed by atoms with E-state index in [1.54, 1.807) is 0 Å². The third-order valence-corrected chi connectivity index (χ3v) is 4.93. The van der Waals surface area contributed by atoms with Gasteiger partial charge in [-0.3, -0.25) is 14.9 Å². The summed E-state index contributed by atoms with van der Waals surface area (Å²) in [6, 6.07) is 9.32. The summed E-state index contributed by atoms with van der Waals surface area (Å²) >= 11 is 0. The third kappa shape index (κ3) is 4.55. The van der Waals surface area contributed by atoms with E-state index in [2.05, 4.69) is 10.0 Å². The molecule has 1 amide bonds. The molecule has 9 nitrogen and oxygen atoms in total. The lowest BCUT2D eigenvalue weighted by atomic mass is 10.1. The number of anilines is 2. The SMILES string of the molecule is CCCNS(=O)(=O)c1ccc(NC(=O)c2ccc(N)c([N+](=O)[O-])c2)cc1. The van der Waals surface area contributed by atoms with Gasteiger partial charge in [0.15, 0.2) is 0 Å². The van der Waals surface area contributed by atoms with Crippen molar-refractivity contribution in [3.05, 3.63) is 58.1 Å². The number of nitrogen functional groups attached to an aromatic ring is 1. The predicted molar refractivity (Wildman–Crippen MR) is 97.4 cm³/mol. The second-order valence-corrected chi connectivity index (χ2v) is 7.17. The molecule has 2 aromatic rings. The van der Waals surface area contributed by atoms with E-state index in [1.807, 2.05) is 6.92 Å². The van der Waals surface area contributed by atoms with Gasteiger partial charge in [0.2, 0.25) is 10.0 Å². The van der Waals surface area contributed by atoms with Gasteiger partial charge in [0.05, 0.1) is 9.82 Å². The number of nitro benzene ring substituents is 1. The molecule has 0 saturated heterocycles. The number of nitrogens with two attached hydrogens (primary N) is 1. The summed E-state index contributed by atoms with van der Waals surface area (Å²) in [6.07, 6.45) is 0.668. The van der Waals surface area contributed by atoms with Crippen molar-refractivity contribution in [2.24, 2.45) is 0 Å². The molecule has 0 aliphatic carbocycles. The lowest BCUT2D eigenvalue weighted by Crippen LogP contribution is -2.24. The second-order valence-electron chi connectivity index (χ2n) is 5.41. The Morgan fingerprint density at radius 2 is 1.85 bits per heavy atom. The fourth-order valence-electron chi connectivity index (χ4n) is 2.08. The number of carbonyl (C=O) groups excluding carboxylic acids is 1. The second kappa shape index (κ2) is 7.93. The zero-order valence-corrected chi connectivity index (χ0v) is 14.7. The van der Waals surface area contributed by atoms with Gasteiger partial charge in [-0.25, -0.2) is 13.1 Å². The van der Waals surface area contributed by atoms with Crippen LogP contribution in [0.4, 0.5) is 17.1 Å². The summed E-state index contributed by atoms with van der Waals surface area (Å²) in [7, 11) is -3.59. The van der Waals surface area contributed by atoms with Crippen LogP contribution in [0, 0.1) is 10.1 Å². The van der Waals surface area contributed by atoms with Crippen LogP contribution in [-0.2, 0) is 10.0 Å². The molecule has 0 aromatic heterocycles. The van der Waals surface area contributed by atoms with E-state index in [-0.39, 0.29) is 21.8 Å². The van der Waals surface area contributed by atoms with E-state index in [1.165, 1.54) is 36.4 Å². The Kier molecular flexibility index (Phi) is 5.90. The Labute approximate surface area is 150 Å². The average Bonchev–Trinajstić information content (AvgIpc) is 2.60. The van der Waals surface area contributed by atoms with Gasteiger partial charge in [-0.05, 0) is 42.8 Å². The summed E-state index contributed by atoms with van der Waals surface area (Å²) < 4.78 is 26.5. The van der Waals surface area contributed by atoms with Gasteiger partial charge < -0.3 is 11.1 Å². The molecule has 10 heteroatoms. The molecule has 0 fully saturated rings. The maximum atomic E-state index is 12.2. The molecular formula is C16H18N4O5S. The highest BCUT2D eigenvalue weighted by atomic mass is 32.2. The van der Waals surface area contributed by atoms with Crippen molar-refractivity contribution in [1.29, 1.82) is 0 Å². The summed E-state index contributed by atoms with van der Waals surface area (Å²) in [5, 5.41) is 13.4. The van der Waals surface area contributed by atoms with Gasteiger partial charge in [0.25, 0.3) is 11.6 Å². The molecule has 0 saturated carbocycles. The minimum atomic E-state index is -3.59. The number of hydrogen-bond donors (Lipinski definition) is 3. The van der Waals surface area contributed by atoms with Gasteiger partial charge in [0, 0.05) is 23.9 Å². The zero-order valence-electron chi connectivity index (χ0n) is 13.9. The smallest absolute Gasteiger partial charge is 0.292 e. The fourth-order valence-corrected chi connectivity index (χ4v) is 3.22. The minimum absolute atomic E-state index is 0.0410. The lowest BCUT2D eigenvalue weighted by molar-refractivity contribution is -0.383. The van der Waals surface area contributed by atoms with Crippen molar-refractivity contribution in [3.63, 3.8) is 0 Å². The first-order valence-electron chi connectivity index (χ1n) is 7.69. The molecule has 26 heavy (non-hydrogen) atoms. The zero-order chi connectivity index (χ0) is 19.3. The van der Waals surface area contributed by atoms with Crippen molar-refractivity contribution in [3.8, 4) is 0 Å². The number of sulfonamides is 1. The molecule has 0 aliphatic rings. The molecule has 2 rings (SSSR count). The van der Waals surface area contributed by atoms with Crippen LogP contribution in [0.3, 0.4) is 0 Å². The largest absolute Gasteiger partial charge is 0.393 e. The summed E-state index contributed by atoms with van der Waals surface area (Å²) in [6.45, 7) is 2.18. The van der Waals surface area contributed by atoms with Crippen molar-refractivity contribution in [1.82, 2.24) is 4.72 Å². The number of nitrogens with zero attached hydrogens (tertiary/aromatic N) is 1. The van der Waals surface area contributed by atoms with Crippen molar-refractivity contribution in [2.75, 3.05) is 17.6 Å². The van der Waals surface area contributed by atoms with Gasteiger partial charge in [-0.15, -0.1) is 0 Å². The number of nitro groups is 1. The Morgan fingerprint density at radius 3 is 2.42 bits per heavy atom. The van der Waals surface area contributed by atoms with Crippen LogP contribution < -0.4 is 15.8 Å². The molecule has 0 unspecified atom stereocenters. The normalized spacial score (nSPS) is 11.1. The maximum Gasteiger partial charge on any atom is 0.292 e. The molecule has 0 spiro atoms. The fraction of sp³-hybridized carbons (Fsp3) is 0.188. The number of rotatable bonds is 7. The Balaban J connectivity index is 2.15. The van der Waals surface area contributed by atoms with Gasteiger partial charge in [-0.1, -0.05) is 6.92 Å². The first kappa shape index (κ1) is 19.3. The average molecular weight is 378 g/mol. The van der Waals surface area contributed by atoms with Crippen LogP contribution in [0.1, 0.15) is 23.7 Å². The van der Waals surface area contributed by atoms with Crippen molar-refractivity contribution >= 4 is 33.0 Å². The minimum Gasteiger partial charge on any atom is -0.393 e. The van der Waals surface area contributed by atoms with E-state index in [0.717, 1.165) is 6.07 Å². The third-order valence-electron chi connectivity index (χ3n) is 3.45. The molecule has 4 N–H and O–H groups in total. The van der Waals surface area contributed by atoms with E-state index in [9.17, 15) is 23.3 Å². The highest BCUT2D eigenvalue weighted by molar-refractivity contribution is 7.89. The van der Waals surface area contributed by atoms with Gasteiger partial charge >= 0.3 is 0 Å².